The Balaban J connectivity index is 1.60. The van der Waals surface area contributed by atoms with Gasteiger partial charge in [-0.25, -0.2) is 13.2 Å². The van der Waals surface area contributed by atoms with Crippen molar-refractivity contribution in [3.8, 4) is 0 Å². The summed E-state index contributed by atoms with van der Waals surface area (Å²) in [4.78, 5) is 26.1. The van der Waals surface area contributed by atoms with E-state index in [0.717, 1.165) is 32.7 Å². The molecule has 1 aromatic heterocycles. The predicted molar refractivity (Wildman–Crippen MR) is 148 cm³/mol. The molecule has 0 spiro atoms. The minimum absolute atomic E-state index is 0.0799. The van der Waals surface area contributed by atoms with E-state index in [4.69, 9.17) is 9.47 Å². The van der Waals surface area contributed by atoms with E-state index in [9.17, 15) is 18.0 Å². The number of nitrogens with zero attached hydrogens (tertiary/aromatic N) is 1. The molecule has 0 saturated carbocycles. The molecule has 4 aromatic rings. The molecule has 0 bridgehead atoms. The molecule has 198 valence electrons. The number of aromatic nitrogens is 2. The Morgan fingerprint density at radius 3 is 1.85 bits per heavy atom. The van der Waals surface area contributed by atoms with E-state index in [1.54, 1.807) is 0 Å². The molecular formula is C30H26N2O6S. The molecule has 39 heavy (non-hydrogen) atoms. The molecule has 1 aliphatic rings. The Morgan fingerprint density at radius 1 is 0.872 bits per heavy atom. The average molecular weight is 543 g/mol. The van der Waals surface area contributed by atoms with Crippen LogP contribution in [0, 0.1) is 0 Å². The third-order valence-corrected chi connectivity index (χ3v) is 8.09. The van der Waals surface area contributed by atoms with Gasteiger partial charge in [0.2, 0.25) is 0 Å². The van der Waals surface area contributed by atoms with E-state index in [-0.39, 0.29) is 11.5 Å². The number of rotatable bonds is 9. The summed E-state index contributed by atoms with van der Waals surface area (Å²) in [6.45, 7) is 3.27. The van der Waals surface area contributed by atoms with Crippen molar-refractivity contribution >= 4 is 9.84 Å². The summed E-state index contributed by atoms with van der Waals surface area (Å²) < 4.78 is 39.9. The summed E-state index contributed by atoms with van der Waals surface area (Å²) >= 11 is 0. The van der Waals surface area contributed by atoms with Gasteiger partial charge in [0.15, 0.2) is 16.1 Å². The minimum atomic E-state index is -3.94. The maximum absolute atomic E-state index is 13.0. The number of aromatic amines is 1. The van der Waals surface area contributed by atoms with Crippen LogP contribution in [0.2, 0.25) is 0 Å². The Bertz CT molecular complexity index is 1620. The largest absolute Gasteiger partial charge is 0.358 e. The molecule has 0 saturated heterocycles. The Hall–Kier alpha value is -4.31. The van der Waals surface area contributed by atoms with Gasteiger partial charge in [-0.15, -0.1) is 0 Å². The first kappa shape index (κ1) is 26.3. The van der Waals surface area contributed by atoms with E-state index in [0.29, 0.717) is 0 Å². The van der Waals surface area contributed by atoms with Crippen molar-refractivity contribution in [2.45, 2.75) is 17.9 Å². The second-order valence-corrected chi connectivity index (χ2v) is 10.8. The highest BCUT2D eigenvalue weighted by Gasteiger charge is 2.41. The fraction of sp³-hybridized carbons (Fsp3) is 0.133. The second-order valence-electron chi connectivity index (χ2n) is 8.90. The van der Waals surface area contributed by atoms with E-state index in [1.165, 1.54) is 12.3 Å². The first-order valence-electron chi connectivity index (χ1n) is 12.2. The molecule has 9 heteroatoms. The van der Waals surface area contributed by atoms with Crippen molar-refractivity contribution in [3.63, 3.8) is 0 Å². The maximum atomic E-state index is 13.0. The number of hydrogen-bond acceptors (Lipinski definition) is 6. The van der Waals surface area contributed by atoms with Crippen LogP contribution in [0.1, 0.15) is 22.9 Å². The second kappa shape index (κ2) is 10.8. The van der Waals surface area contributed by atoms with Crippen molar-refractivity contribution in [3.05, 3.63) is 164 Å². The SMILES string of the molecule is C=CS(=O)(=O)C1=C[C@H](n2ccc(=O)[nH]c2=O)O[C@@H]1COC(c1ccccc1)(c1ccccc1)c1ccccc1. The number of sulfone groups is 1. The predicted octanol–water partition coefficient (Wildman–Crippen LogP) is 3.88. The van der Waals surface area contributed by atoms with Gasteiger partial charge >= 0.3 is 5.69 Å². The summed E-state index contributed by atoms with van der Waals surface area (Å²) in [7, 11) is -3.94. The maximum Gasteiger partial charge on any atom is 0.330 e. The van der Waals surface area contributed by atoms with Crippen LogP contribution in [0.15, 0.2) is 136 Å². The van der Waals surface area contributed by atoms with Crippen LogP contribution in [0.4, 0.5) is 0 Å². The fourth-order valence-corrected chi connectivity index (χ4v) is 5.75. The zero-order valence-corrected chi connectivity index (χ0v) is 21.7. The third-order valence-electron chi connectivity index (χ3n) is 6.59. The van der Waals surface area contributed by atoms with Gasteiger partial charge in [-0.1, -0.05) is 97.6 Å². The number of H-pyrrole nitrogens is 1. The Kier molecular flexibility index (Phi) is 7.30. The lowest BCUT2D eigenvalue weighted by Crippen LogP contribution is -2.37. The highest BCUT2D eigenvalue weighted by molar-refractivity contribution is 7.98. The van der Waals surface area contributed by atoms with Crippen molar-refractivity contribution in [1.82, 2.24) is 9.55 Å². The van der Waals surface area contributed by atoms with Crippen LogP contribution in [0.5, 0.6) is 0 Å². The molecule has 8 nitrogen and oxygen atoms in total. The van der Waals surface area contributed by atoms with Crippen LogP contribution in [0.3, 0.4) is 0 Å². The van der Waals surface area contributed by atoms with Gasteiger partial charge in [-0.05, 0) is 22.8 Å². The monoisotopic (exact) mass is 542 g/mol. The summed E-state index contributed by atoms with van der Waals surface area (Å²) in [5.74, 6) is 0. The molecular weight excluding hydrogens is 516 g/mol. The Labute approximate surface area is 225 Å². The highest BCUT2D eigenvalue weighted by atomic mass is 32.2. The van der Waals surface area contributed by atoms with Gasteiger partial charge in [-0.2, -0.15) is 0 Å². The van der Waals surface area contributed by atoms with Crippen molar-refractivity contribution in [1.29, 1.82) is 0 Å². The third kappa shape index (κ3) is 5.07. The standard InChI is InChI=1S/C30H26N2O6S/c1-2-39(35,36)26-20-28(32-19-18-27(33)31-29(32)34)38-25(26)21-37-30(22-12-6-3-7-13-22,23-14-8-4-9-15-23)24-16-10-5-11-17-24/h2-20,25,28H,1,21H2,(H,31,33,34)/t25-,28-/m1/s1. The lowest BCUT2D eigenvalue weighted by molar-refractivity contribution is -0.0695. The van der Waals surface area contributed by atoms with E-state index in [1.807, 2.05) is 91.0 Å². The lowest BCUT2D eigenvalue weighted by atomic mass is 9.80. The van der Waals surface area contributed by atoms with Crippen molar-refractivity contribution in [2.24, 2.45) is 0 Å². The molecule has 5 rings (SSSR count). The number of hydrogen-bond donors (Lipinski definition) is 1. The average Bonchev–Trinajstić information content (AvgIpc) is 3.40. The smallest absolute Gasteiger partial charge is 0.330 e. The molecule has 0 radical (unpaired) electrons. The molecule has 1 N–H and O–H groups in total. The van der Waals surface area contributed by atoms with Gasteiger partial charge in [0.1, 0.15) is 11.7 Å². The number of ether oxygens (including phenoxy) is 2. The van der Waals surface area contributed by atoms with Gasteiger partial charge in [0, 0.05) is 17.7 Å². The molecule has 0 amide bonds. The molecule has 1 aliphatic heterocycles. The van der Waals surface area contributed by atoms with Crippen LogP contribution in [-0.2, 0) is 24.9 Å². The molecule has 2 heterocycles. The van der Waals surface area contributed by atoms with Crippen LogP contribution in [-0.4, -0.2) is 30.7 Å². The topological polar surface area (TPSA) is 107 Å². The quantitative estimate of drug-likeness (QED) is 0.322. The van der Waals surface area contributed by atoms with Crippen molar-refractivity contribution in [2.75, 3.05) is 6.61 Å². The van der Waals surface area contributed by atoms with Gasteiger partial charge in [-0.3, -0.25) is 14.3 Å². The number of nitrogens with one attached hydrogen (secondary N) is 1. The molecule has 0 unspecified atom stereocenters. The molecule has 0 fully saturated rings. The van der Waals surface area contributed by atoms with E-state index < -0.39 is 39.0 Å². The zero-order chi connectivity index (χ0) is 27.5. The summed E-state index contributed by atoms with van der Waals surface area (Å²) in [5.41, 5.74) is 0.106. The van der Waals surface area contributed by atoms with Crippen molar-refractivity contribution < 1.29 is 17.9 Å². The van der Waals surface area contributed by atoms with Crippen LogP contribution in [0.25, 0.3) is 0 Å². The first-order chi connectivity index (χ1) is 18.8. The highest BCUT2D eigenvalue weighted by Crippen LogP contribution is 2.42. The van der Waals surface area contributed by atoms with E-state index in [2.05, 4.69) is 11.6 Å². The first-order valence-corrected chi connectivity index (χ1v) is 13.8. The Morgan fingerprint density at radius 2 is 1.38 bits per heavy atom. The summed E-state index contributed by atoms with van der Waals surface area (Å²) in [6, 6.07) is 30.1. The molecule has 3 aromatic carbocycles. The zero-order valence-electron chi connectivity index (χ0n) is 20.8. The summed E-state index contributed by atoms with van der Waals surface area (Å²) in [5, 5.41) is 0.839. The van der Waals surface area contributed by atoms with Crippen LogP contribution < -0.4 is 11.2 Å². The number of benzene rings is 3. The van der Waals surface area contributed by atoms with Gasteiger partial charge in [0.05, 0.1) is 11.5 Å². The van der Waals surface area contributed by atoms with Gasteiger partial charge < -0.3 is 9.47 Å². The lowest BCUT2D eigenvalue weighted by Gasteiger charge is -2.37. The molecule has 0 aliphatic carbocycles. The van der Waals surface area contributed by atoms with Gasteiger partial charge in [0.25, 0.3) is 5.56 Å². The molecule has 2 atom stereocenters. The minimum Gasteiger partial charge on any atom is -0.358 e. The van der Waals surface area contributed by atoms with E-state index >= 15 is 0 Å². The normalized spacial score (nSPS) is 17.5. The summed E-state index contributed by atoms with van der Waals surface area (Å²) in [6.07, 6.45) is 0.450. The van der Waals surface area contributed by atoms with Crippen LogP contribution >= 0.6 is 0 Å². The fourth-order valence-electron chi connectivity index (χ4n) is 4.76.